The number of hydrazone groups is 1. The minimum atomic E-state index is -0.170. The van der Waals surface area contributed by atoms with Gasteiger partial charge >= 0.3 is 0 Å². The van der Waals surface area contributed by atoms with E-state index >= 15 is 0 Å². The highest BCUT2D eigenvalue weighted by Crippen LogP contribution is 2.45. The van der Waals surface area contributed by atoms with E-state index in [4.69, 9.17) is 16.7 Å². The standard InChI is InChI=1S/C22H17ClN2OS/c23-18-9-4-3-8-16(18)21-17-12-11-14-6-1-2-7-15(14)20(17)24-25(21)22(26)19-10-5-13-27-19/h1-10,13,17,21H,11-12H2. The van der Waals surface area contributed by atoms with Crippen LogP contribution >= 0.6 is 22.9 Å². The summed E-state index contributed by atoms with van der Waals surface area (Å²) in [5.41, 5.74) is 4.43. The molecule has 0 saturated carbocycles. The van der Waals surface area contributed by atoms with Crippen LogP contribution in [0, 0.1) is 5.92 Å². The minimum Gasteiger partial charge on any atom is -0.266 e. The lowest BCUT2D eigenvalue weighted by atomic mass is 9.77. The van der Waals surface area contributed by atoms with Gasteiger partial charge in [0.15, 0.2) is 0 Å². The first kappa shape index (κ1) is 16.7. The van der Waals surface area contributed by atoms with E-state index in [0.29, 0.717) is 9.90 Å². The maximum absolute atomic E-state index is 13.2. The molecule has 2 atom stereocenters. The summed E-state index contributed by atoms with van der Waals surface area (Å²) in [6.07, 6.45) is 1.95. The number of nitrogens with zero attached hydrogens (tertiary/aromatic N) is 2. The Hall–Kier alpha value is -2.43. The van der Waals surface area contributed by atoms with Crippen molar-refractivity contribution in [3.05, 3.63) is 92.6 Å². The van der Waals surface area contributed by atoms with Gasteiger partial charge in [-0.1, -0.05) is 60.1 Å². The SMILES string of the molecule is O=C(c1cccs1)N1N=C2c3ccccc3CCC2C1c1ccccc1Cl. The Balaban J connectivity index is 1.65. The number of amides is 1. The van der Waals surface area contributed by atoms with Crippen molar-refractivity contribution >= 4 is 34.6 Å². The van der Waals surface area contributed by atoms with E-state index in [-0.39, 0.29) is 17.9 Å². The number of hydrogen-bond donors (Lipinski definition) is 0. The molecule has 2 unspecified atom stereocenters. The van der Waals surface area contributed by atoms with E-state index in [1.165, 1.54) is 16.9 Å². The summed E-state index contributed by atoms with van der Waals surface area (Å²) < 4.78 is 0. The van der Waals surface area contributed by atoms with Gasteiger partial charge in [-0.25, -0.2) is 5.01 Å². The Labute approximate surface area is 166 Å². The second-order valence-corrected chi connectivity index (χ2v) is 8.24. The summed E-state index contributed by atoms with van der Waals surface area (Å²) in [7, 11) is 0. The summed E-state index contributed by atoms with van der Waals surface area (Å²) in [6.45, 7) is 0. The highest BCUT2D eigenvalue weighted by atomic mass is 35.5. The van der Waals surface area contributed by atoms with Crippen molar-refractivity contribution in [3.63, 3.8) is 0 Å². The van der Waals surface area contributed by atoms with Crippen LogP contribution in [0.25, 0.3) is 0 Å². The van der Waals surface area contributed by atoms with E-state index in [9.17, 15) is 4.79 Å². The van der Waals surface area contributed by atoms with Gasteiger partial charge in [-0.3, -0.25) is 4.79 Å². The summed E-state index contributed by atoms with van der Waals surface area (Å²) in [5.74, 6) is 0.0954. The summed E-state index contributed by atoms with van der Waals surface area (Å²) in [4.78, 5) is 13.9. The maximum Gasteiger partial charge on any atom is 0.284 e. The topological polar surface area (TPSA) is 32.7 Å². The zero-order chi connectivity index (χ0) is 18.4. The molecule has 134 valence electrons. The predicted octanol–water partition coefficient (Wildman–Crippen LogP) is 5.57. The molecule has 3 nitrogen and oxygen atoms in total. The molecular weight excluding hydrogens is 376 g/mol. The van der Waals surface area contributed by atoms with Crippen molar-refractivity contribution in [3.8, 4) is 0 Å². The van der Waals surface area contributed by atoms with Crippen LogP contribution in [0.2, 0.25) is 5.02 Å². The molecule has 1 aliphatic carbocycles. The third-order valence-electron chi connectivity index (χ3n) is 5.39. The van der Waals surface area contributed by atoms with Crippen LogP contribution in [0.4, 0.5) is 0 Å². The largest absolute Gasteiger partial charge is 0.284 e. The summed E-state index contributed by atoms with van der Waals surface area (Å²) in [5, 5.41) is 9.12. The zero-order valence-electron chi connectivity index (χ0n) is 14.5. The number of benzene rings is 2. The monoisotopic (exact) mass is 392 g/mol. The van der Waals surface area contributed by atoms with E-state index in [1.54, 1.807) is 5.01 Å². The number of fused-ring (bicyclic) bond motifs is 3. The van der Waals surface area contributed by atoms with Gasteiger partial charge in [-0.05, 0) is 41.5 Å². The second-order valence-electron chi connectivity index (χ2n) is 6.88. The van der Waals surface area contributed by atoms with Gasteiger partial charge in [0.05, 0.1) is 16.6 Å². The normalized spacial score (nSPS) is 20.8. The number of halogens is 1. The lowest BCUT2D eigenvalue weighted by Gasteiger charge is -2.30. The Morgan fingerprint density at radius 2 is 1.89 bits per heavy atom. The quantitative estimate of drug-likeness (QED) is 0.561. The van der Waals surface area contributed by atoms with Gasteiger partial charge in [-0.15, -0.1) is 11.3 Å². The Kier molecular flexibility index (Phi) is 4.10. The molecule has 0 N–H and O–H groups in total. The van der Waals surface area contributed by atoms with Gasteiger partial charge in [0.25, 0.3) is 5.91 Å². The average Bonchev–Trinajstić information content (AvgIpc) is 3.36. The van der Waals surface area contributed by atoms with Crippen LogP contribution in [0.15, 0.2) is 71.1 Å². The lowest BCUT2D eigenvalue weighted by molar-refractivity contribution is 0.0687. The fourth-order valence-corrected chi connectivity index (χ4v) is 5.07. The molecule has 5 heteroatoms. The first-order chi connectivity index (χ1) is 13.2. The molecule has 3 aromatic rings. The Morgan fingerprint density at radius 1 is 1.07 bits per heavy atom. The molecule has 0 fully saturated rings. The second kappa shape index (κ2) is 6.63. The van der Waals surface area contributed by atoms with Gasteiger partial charge in [0.1, 0.15) is 0 Å². The lowest BCUT2D eigenvalue weighted by Crippen LogP contribution is -2.32. The smallest absolute Gasteiger partial charge is 0.266 e. The van der Waals surface area contributed by atoms with Gasteiger partial charge in [0.2, 0.25) is 0 Å². The van der Waals surface area contributed by atoms with Crippen molar-refractivity contribution in [2.75, 3.05) is 0 Å². The molecule has 1 amide bonds. The van der Waals surface area contributed by atoms with Gasteiger partial charge in [-0.2, -0.15) is 5.10 Å². The molecule has 2 aliphatic rings. The Bertz CT molecular complexity index is 1040. The van der Waals surface area contributed by atoms with E-state index in [1.807, 2.05) is 47.8 Å². The molecule has 27 heavy (non-hydrogen) atoms. The molecule has 0 saturated heterocycles. The van der Waals surface area contributed by atoms with Crippen molar-refractivity contribution in [2.45, 2.75) is 18.9 Å². The van der Waals surface area contributed by atoms with Gasteiger partial charge in [0, 0.05) is 16.5 Å². The van der Waals surface area contributed by atoms with Crippen LogP contribution in [0.1, 0.15) is 38.8 Å². The van der Waals surface area contributed by atoms with Crippen molar-refractivity contribution < 1.29 is 4.79 Å². The first-order valence-electron chi connectivity index (χ1n) is 9.02. The molecule has 2 heterocycles. The molecule has 1 aromatic heterocycles. The molecular formula is C22H17ClN2OS. The van der Waals surface area contributed by atoms with Crippen molar-refractivity contribution in [2.24, 2.45) is 11.0 Å². The maximum atomic E-state index is 13.2. The highest BCUT2D eigenvalue weighted by Gasteiger charge is 2.44. The molecule has 0 radical (unpaired) electrons. The van der Waals surface area contributed by atoms with Crippen LogP contribution in [-0.4, -0.2) is 16.6 Å². The van der Waals surface area contributed by atoms with E-state index in [2.05, 4.69) is 18.2 Å². The third kappa shape index (κ3) is 2.71. The number of rotatable bonds is 2. The van der Waals surface area contributed by atoms with E-state index < -0.39 is 0 Å². The van der Waals surface area contributed by atoms with Crippen LogP contribution < -0.4 is 0 Å². The number of thiophene rings is 1. The predicted molar refractivity (Wildman–Crippen MR) is 109 cm³/mol. The number of carbonyl (C=O) groups is 1. The molecule has 0 spiro atoms. The van der Waals surface area contributed by atoms with Crippen molar-refractivity contribution in [1.82, 2.24) is 5.01 Å². The van der Waals surface area contributed by atoms with Crippen LogP contribution in [0.5, 0.6) is 0 Å². The van der Waals surface area contributed by atoms with Crippen LogP contribution in [0.3, 0.4) is 0 Å². The fraction of sp³-hybridized carbons (Fsp3) is 0.182. The third-order valence-corrected chi connectivity index (χ3v) is 6.60. The first-order valence-corrected chi connectivity index (χ1v) is 10.3. The number of carbonyl (C=O) groups excluding carboxylic acids is 1. The molecule has 2 aromatic carbocycles. The molecule has 0 bridgehead atoms. The number of hydrogen-bond acceptors (Lipinski definition) is 3. The number of aryl methyl sites for hydroxylation is 1. The van der Waals surface area contributed by atoms with Crippen LogP contribution in [-0.2, 0) is 6.42 Å². The van der Waals surface area contributed by atoms with Gasteiger partial charge < -0.3 is 0 Å². The average molecular weight is 393 g/mol. The van der Waals surface area contributed by atoms with Crippen molar-refractivity contribution in [1.29, 1.82) is 0 Å². The van der Waals surface area contributed by atoms with E-state index in [0.717, 1.165) is 29.7 Å². The molecule has 1 aliphatic heterocycles. The summed E-state index contributed by atoms with van der Waals surface area (Å²) in [6, 6.07) is 19.8. The Morgan fingerprint density at radius 3 is 2.70 bits per heavy atom. The highest BCUT2D eigenvalue weighted by molar-refractivity contribution is 7.12. The minimum absolute atomic E-state index is 0.0608. The molecule has 5 rings (SSSR count). The fourth-order valence-electron chi connectivity index (χ4n) is 4.17. The zero-order valence-corrected chi connectivity index (χ0v) is 16.1. The summed E-state index contributed by atoms with van der Waals surface area (Å²) >= 11 is 7.99.